The van der Waals surface area contributed by atoms with Gasteiger partial charge in [0.05, 0.1) is 12.6 Å². The maximum Gasteiger partial charge on any atom is 0.231 e. The zero-order valence-electron chi connectivity index (χ0n) is 14.0. The Hall–Kier alpha value is -3.55. The number of aromatic nitrogens is 2. The number of oxime groups is 1. The molecule has 2 N–H and O–H groups in total. The summed E-state index contributed by atoms with van der Waals surface area (Å²) >= 11 is 0. The minimum Gasteiger partial charge on any atom is -0.497 e. The van der Waals surface area contributed by atoms with Crippen molar-refractivity contribution in [1.29, 1.82) is 0 Å². The molecule has 0 atom stereocenters. The summed E-state index contributed by atoms with van der Waals surface area (Å²) in [7, 11) is 1.61. The number of nitrogens with one attached hydrogen (secondary N) is 1. The Labute approximate surface area is 149 Å². The highest BCUT2D eigenvalue weighted by atomic mass is 16.7. The topological polar surface area (TPSA) is 98.1 Å². The second-order valence-corrected chi connectivity index (χ2v) is 5.60. The highest BCUT2D eigenvalue weighted by Crippen LogP contribution is 2.33. The van der Waals surface area contributed by atoms with Gasteiger partial charge in [0.2, 0.25) is 6.79 Å². The lowest BCUT2D eigenvalue weighted by atomic mass is 10.2. The monoisotopic (exact) mass is 352 g/mol. The van der Waals surface area contributed by atoms with E-state index < -0.39 is 0 Å². The van der Waals surface area contributed by atoms with Gasteiger partial charge in [-0.2, -0.15) is 0 Å². The molecule has 2 aromatic carbocycles. The fourth-order valence-electron chi connectivity index (χ4n) is 2.73. The van der Waals surface area contributed by atoms with Crippen molar-refractivity contribution < 1.29 is 19.4 Å². The summed E-state index contributed by atoms with van der Waals surface area (Å²) in [5, 5.41) is 15.9. The van der Waals surface area contributed by atoms with Gasteiger partial charge >= 0.3 is 0 Å². The van der Waals surface area contributed by atoms with Gasteiger partial charge < -0.3 is 24.7 Å². The van der Waals surface area contributed by atoms with Gasteiger partial charge in [0.15, 0.2) is 17.3 Å². The number of methoxy groups -OCH3 is 1. The Morgan fingerprint density at radius 1 is 1.19 bits per heavy atom. The quantitative estimate of drug-likeness (QED) is 0.414. The van der Waals surface area contributed by atoms with Gasteiger partial charge in [-0.3, -0.25) is 0 Å². The molecule has 2 heterocycles. The van der Waals surface area contributed by atoms with E-state index in [4.69, 9.17) is 19.4 Å². The van der Waals surface area contributed by atoms with Crippen LogP contribution in [0.2, 0.25) is 0 Å². The van der Waals surface area contributed by atoms with Crippen molar-refractivity contribution in [3.8, 4) is 17.2 Å². The largest absolute Gasteiger partial charge is 0.497 e. The predicted octanol–water partition coefficient (Wildman–Crippen LogP) is 2.79. The molecule has 8 nitrogen and oxygen atoms in total. The molecule has 0 unspecified atom stereocenters. The van der Waals surface area contributed by atoms with Crippen LogP contribution in [0.25, 0.3) is 10.9 Å². The van der Waals surface area contributed by atoms with E-state index in [0.717, 1.165) is 22.4 Å². The maximum absolute atomic E-state index is 8.79. The number of fused-ring (bicyclic) bond motifs is 2. The summed E-state index contributed by atoms with van der Waals surface area (Å²) in [6.07, 6.45) is 1.19. The maximum atomic E-state index is 8.79. The average molecular weight is 352 g/mol. The molecule has 0 amide bonds. The van der Waals surface area contributed by atoms with Gasteiger partial charge in [-0.05, 0) is 35.9 Å². The third-order valence-electron chi connectivity index (χ3n) is 3.99. The standard InChI is InChI=1S/C18H16N4O4/c1-24-12-3-4-14-13(7-12)18(22-17(21-14)9-20-23)19-8-11-2-5-15-16(6-11)26-10-25-15/h2-7,9,23H,8,10H2,1H3,(H,19,21,22). The van der Waals surface area contributed by atoms with Crippen molar-refractivity contribution >= 4 is 22.9 Å². The molecule has 0 aliphatic carbocycles. The van der Waals surface area contributed by atoms with Crippen LogP contribution in [0.4, 0.5) is 5.82 Å². The molecule has 1 aliphatic rings. The van der Waals surface area contributed by atoms with Crippen LogP contribution in [0.15, 0.2) is 41.6 Å². The first-order valence-corrected chi connectivity index (χ1v) is 7.92. The smallest absolute Gasteiger partial charge is 0.231 e. The molecule has 0 bridgehead atoms. The van der Waals surface area contributed by atoms with Crippen molar-refractivity contribution in [2.75, 3.05) is 19.2 Å². The Balaban J connectivity index is 1.67. The first-order valence-electron chi connectivity index (χ1n) is 7.92. The van der Waals surface area contributed by atoms with E-state index >= 15 is 0 Å². The molecule has 0 radical (unpaired) electrons. The predicted molar refractivity (Wildman–Crippen MR) is 95.4 cm³/mol. The fraction of sp³-hybridized carbons (Fsp3) is 0.167. The summed E-state index contributed by atoms with van der Waals surface area (Å²) < 4.78 is 16.0. The van der Waals surface area contributed by atoms with E-state index in [1.807, 2.05) is 36.4 Å². The zero-order chi connectivity index (χ0) is 17.9. The number of rotatable bonds is 5. The number of benzene rings is 2. The number of hydrogen-bond donors (Lipinski definition) is 2. The summed E-state index contributed by atoms with van der Waals surface area (Å²) in [6.45, 7) is 0.766. The van der Waals surface area contributed by atoms with Crippen molar-refractivity contribution in [3.05, 3.63) is 47.8 Å². The fourth-order valence-corrected chi connectivity index (χ4v) is 2.73. The van der Waals surface area contributed by atoms with E-state index in [9.17, 15) is 0 Å². The summed E-state index contributed by atoms with van der Waals surface area (Å²) in [5.74, 6) is 3.09. The molecule has 3 aromatic rings. The van der Waals surface area contributed by atoms with Gasteiger partial charge in [-0.15, -0.1) is 0 Å². The summed E-state index contributed by atoms with van der Waals surface area (Å²) in [6, 6.07) is 11.3. The second kappa shape index (κ2) is 6.75. The third kappa shape index (κ3) is 3.04. The average Bonchev–Trinajstić information content (AvgIpc) is 3.14. The number of nitrogens with zero attached hydrogens (tertiary/aromatic N) is 3. The van der Waals surface area contributed by atoms with E-state index in [0.29, 0.717) is 29.5 Å². The van der Waals surface area contributed by atoms with E-state index in [1.165, 1.54) is 6.21 Å². The van der Waals surface area contributed by atoms with Crippen molar-refractivity contribution in [3.63, 3.8) is 0 Å². The molecule has 26 heavy (non-hydrogen) atoms. The van der Waals surface area contributed by atoms with E-state index in [1.54, 1.807) is 7.11 Å². The lowest BCUT2D eigenvalue weighted by molar-refractivity contribution is 0.174. The molecule has 0 saturated carbocycles. The number of anilines is 1. The van der Waals surface area contributed by atoms with Crippen LogP contribution in [0.3, 0.4) is 0 Å². The van der Waals surface area contributed by atoms with Gasteiger partial charge in [0.25, 0.3) is 0 Å². The molecule has 0 fully saturated rings. The van der Waals surface area contributed by atoms with Crippen LogP contribution in [0.5, 0.6) is 17.2 Å². The molecule has 8 heteroatoms. The van der Waals surface area contributed by atoms with Crippen molar-refractivity contribution in [1.82, 2.24) is 9.97 Å². The minimum atomic E-state index is 0.242. The van der Waals surface area contributed by atoms with Gasteiger partial charge in [-0.1, -0.05) is 11.2 Å². The van der Waals surface area contributed by atoms with Crippen LogP contribution >= 0.6 is 0 Å². The highest BCUT2D eigenvalue weighted by Gasteiger charge is 2.14. The summed E-state index contributed by atoms with van der Waals surface area (Å²) in [5.41, 5.74) is 1.73. The SMILES string of the molecule is COc1ccc2nc(C=NO)nc(NCc3ccc4c(c3)OCO4)c2c1. The van der Waals surface area contributed by atoms with Gasteiger partial charge in [0.1, 0.15) is 17.8 Å². The number of hydrogen-bond acceptors (Lipinski definition) is 8. The normalized spacial score (nSPS) is 12.7. The van der Waals surface area contributed by atoms with E-state index in [2.05, 4.69) is 20.4 Å². The molecular weight excluding hydrogens is 336 g/mol. The summed E-state index contributed by atoms with van der Waals surface area (Å²) in [4.78, 5) is 8.76. The molecule has 132 valence electrons. The van der Waals surface area contributed by atoms with Gasteiger partial charge in [0, 0.05) is 11.9 Å². The van der Waals surface area contributed by atoms with Gasteiger partial charge in [-0.25, -0.2) is 9.97 Å². The Morgan fingerprint density at radius 3 is 2.92 bits per heavy atom. The van der Waals surface area contributed by atoms with E-state index in [-0.39, 0.29) is 6.79 Å². The van der Waals surface area contributed by atoms with Crippen LogP contribution in [-0.2, 0) is 6.54 Å². The Morgan fingerprint density at radius 2 is 2.08 bits per heavy atom. The minimum absolute atomic E-state index is 0.242. The van der Waals surface area contributed by atoms with Crippen LogP contribution in [0.1, 0.15) is 11.4 Å². The van der Waals surface area contributed by atoms with Crippen molar-refractivity contribution in [2.24, 2.45) is 5.16 Å². The Bertz CT molecular complexity index is 990. The van der Waals surface area contributed by atoms with Crippen LogP contribution in [-0.4, -0.2) is 35.3 Å². The first kappa shape index (κ1) is 15.9. The molecule has 0 saturated heterocycles. The Kier molecular flexibility index (Phi) is 4.14. The first-order chi connectivity index (χ1) is 12.8. The number of ether oxygens (including phenoxy) is 3. The van der Waals surface area contributed by atoms with Crippen molar-refractivity contribution in [2.45, 2.75) is 6.54 Å². The van der Waals surface area contributed by atoms with Crippen LogP contribution in [0, 0.1) is 0 Å². The molecule has 4 rings (SSSR count). The lowest BCUT2D eigenvalue weighted by Crippen LogP contribution is -2.06. The zero-order valence-corrected chi connectivity index (χ0v) is 14.0. The molecular formula is C18H16N4O4. The molecule has 1 aromatic heterocycles. The second-order valence-electron chi connectivity index (χ2n) is 5.60. The lowest BCUT2D eigenvalue weighted by Gasteiger charge is -2.11. The highest BCUT2D eigenvalue weighted by molar-refractivity contribution is 5.92. The molecule has 0 spiro atoms. The molecule has 1 aliphatic heterocycles. The van der Waals surface area contributed by atoms with Crippen LogP contribution < -0.4 is 19.5 Å². The third-order valence-corrected chi connectivity index (χ3v) is 3.99.